The molecule has 16 nitrogen and oxygen atoms in total. The molecule has 5 rings (SSSR count). The fraction of sp³-hybridized carbons (Fsp3) is 0.372. The second-order valence-corrected chi connectivity index (χ2v) is 18.7. The zero-order valence-corrected chi connectivity index (χ0v) is 37.3. The van der Waals surface area contributed by atoms with Crippen molar-refractivity contribution in [1.82, 2.24) is 18.8 Å². The Morgan fingerprint density at radius 2 is 1.08 bits per heavy atom. The number of nitrogens with one attached hydrogen (secondary N) is 1. The molecule has 1 aliphatic rings. The van der Waals surface area contributed by atoms with E-state index in [1.165, 1.54) is 34.2 Å². The first-order chi connectivity index (χ1) is 28.9. The summed E-state index contributed by atoms with van der Waals surface area (Å²) in [6.07, 6.45) is -0.324. The third kappa shape index (κ3) is 14.0. The SMILES string of the molecule is CNS(=O)(=O)N(Cc1ccc(C(=O)OC)cc1)c1ccccc1.COC(=O)c1ccc(CN(c2ccccc2)S(=O)(=O)N(C)CCN2CCN(C(=O)OC(C)(C)C)CC2)cc1. The van der Waals surface area contributed by atoms with Crippen LogP contribution in [0.3, 0.4) is 0 Å². The molecule has 1 N–H and O–H groups in total. The Kier molecular flexibility index (Phi) is 17.2. The van der Waals surface area contributed by atoms with Crippen molar-refractivity contribution >= 4 is 49.8 Å². The molecule has 0 aliphatic carbocycles. The topological polar surface area (TPSA) is 175 Å². The van der Waals surface area contributed by atoms with Crippen LogP contribution in [-0.2, 0) is 47.7 Å². The maximum atomic E-state index is 13.7. The zero-order valence-electron chi connectivity index (χ0n) is 35.7. The van der Waals surface area contributed by atoms with Gasteiger partial charge in [0.1, 0.15) is 5.60 Å². The van der Waals surface area contributed by atoms with E-state index in [2.05, 4.69) is 14.4 Å². The molecule has 1 fully saturated rings. The number of nitrogens with zero attached hydrogens (tertiary/aromatic N) is 5. The Balaban J connectivity index is 0.000000303. The van der Waals surface area contributed by atoms with Crippen molar-refractivity contribution in [2.75, 3.05) is 76.2 Å². The molecule has 1 aliphatic heterocycles. The monoisotopic (exact) mass is 880 g/mol. The lowest BCUT2D eigenvalue weighted by atomic mass is 10.1. The number of hydrogen-bond acceptors (Lipinski definition) is 11. The minimum absolute atomic E-state index is 0.104. The number of para-hydroxylation sites is 2. The number of carbonyl (C=O) groups is 3. The Hall–Kier alpha value is -5.53. The van der Waals surface area contributed by atoms with Gasteiger partial charge in [0.2, 0.25) is 0 Å². The number of amides is 1. The quantitative estimate of drug-likeness (QED) is 0.124. The molecule has 1 heterocycles. The van der Waals surface area contributed by atoms with Gasteiger partial charge < -0.3 is 19.1 Å². The van der Waals surface area contributed by atoms with Gasteiger partial charge >= 0.3 is 38.5 Å². The first-order valence-corrected chi connectivity index (χ1v) is 22.3. The molecule has 0 radical (unpaired) electrons. The van der Waals surface area contributed by atoms with Crippen LogP contribution in [0.1, 0.15) is 52.6 Å². The van der Waals surface area contributed by atoms with Gasteiger partial charge in [0.05, 0.1) is 49.8 Å². The molecular weight excluding hydrogens is 825 g/mol. The predicted molar refractivity (Wildman–Crippen MR) is 235 cm³/mol. The van der Waals surface area contributed by atoms with Gasteiger partial charge in [-0.25, -0.2) is 19.1 Å². The summed E-state index contributed by atoms with van der Waals surface area (Å²) in [4.78, 5) is 39.3. The smallest absolute Gasteiger partial charge is 0.410 e. The Bertz CT molecular complexity index is 2250. The first-order valence-electron chi connectivity index (χ1n) is 19.5. The molecule has 1 amide bonds. The summed E-state index contributed by atoms with van der Waals surface area (Å²) < 4.78 is 73.1. The number of piperazine rings is 1. The van der Waals surface area contributed by atoms with E-state index in [1.807, 2.05) is 32.9 Å². The lowest BCUT2D eigenvalue weighted by molar-refractivity contribution is 0.0143. The molecule has 330 valence electrons. The second-order valence-electron chi connectivity index (χ2n) is 14.9. The van der Waals surface area contributed by atoms with Crippen molar-refractivity contribution in [3.8, 4) is 0 Å². The maximum absolute atomic E-state index is 13.7. The van der Waals surface area contributed by atoms with Gasteiger partial charge in [-0.1, -0.05) is 60.7 Å². The third-order valence-corrected chi connectivity index (χ3v) is 12.8. The van der Waals surface area contributed by atoms with Crippen LogP contribution in [0.15, 0.2) is 109 Å². The summed E-state index contributed by atoms with van der Waals surface area (Å²) in [6.45, 7) is 8.94. The van der Waals surface area contributed by atoms with Crippen molar-refractivity contribution in [2.45, 2.75) is 39.5 Å². The van der Waals surface area contributed by atoms with Gasteiger partial charge in [-0.2, -0.15) is 21.1 Å². The van der Waals surface area contributed by atoms with Gasteiger partial charge in [0.15, 0.2) is 0 Å². The first kappa shape index (κ1) is 48.1. The summed E-state index contributed by atoms with van der Waals surface area (Å²) in [5, 5.41) is 0. The number of likely N-dealkylation sites (N-methyl/N-ethyl adjacent to an activating group) is 1. The predicted octanol–water partition coefficient (Wildman–Crippen LogP) is 5.15. The van der Waals surface area contributed by atoms with E-state index < -0.39 is 38.0 Å². The number of esters is 2. The minimum Gasteiger partial charge on any atom is -0.465 e. The van der Waals surface area contributed by atoms with Gasteiger partial charge in [0.25, 0.3) is 0 Å². The van der Waals surface area contributed by atoms with Crippen molar-refractivity contribution < 1.29 is 45.4 Å². The normalized spacial score (nSPS) is 13.4. The number of anilines is 2. The molecule has 0 saturated carbocycles. The molecule has 0 unspecified atom stereocenters. The van der Waals surface area contributed by atoms with Gasteiger partial charge in [0, 0.05) is 53.4 Å². The molecule has 1 saturated heterocycles. The summed E-state index contributed by atoms with van der Waals surface area (Å²) in [5.41, 5.74) is 2.85. The average Bonchev–Trinajstić information content (AvgIpc) is 3.26. The van der Waals surface area contributed by atoms with Crippen LogP contribution in [0, 0.1) is 0 Å². The lowest BCUT2D eigenvalue weighted by Gasteiger charge is -2.36. The number of carbonyl (C=O) groups excluding carboxylic acids is 3. The summed E-state index contributed by atoms with van der Waals surface area (Å²) in [5.74, 6) is -0.880. The van der Waals surface area contributed by atoms with Gasteiger partial charge in [-0.05, 0) is 80.4 Å². The lowest BCUT2D eigenvalue weighted by Crippen LogP contribution is -2.52. The van der Waals surface area contributed by atoms with Crippen molar-refractivity contribution in [1.29, 1.82) is 0 Å². The van der Waals surface area contributed by atoms with Crippen molar-refractivity contribution in [3.05, 3.63) is 131 Å². The third-order valence-electron chi connectivity index (χ3n) is 9.47. The highest BCUT2D eigenvalue weighted by Crippen LogP contribution is 2.24. The summed E-state index contributed by atoms with van der Waals surface area (Å²) in [7, 11) is -1.95. The minimum atomic E-state index is -3.86. The molecule has 4 aromatic carbocycles. The fourth-order valence-corrected chi connectivity index (χ4v) is 8.31. The molecule has 61 heavy (non-hydrogen) atoms. The van der Waals surface area contributed by atoms with Crippen molar-refractivity contribution in [3.63, 3.8) is 0 Å². The zero-order chi connectivity index (χ0) is 44.8. The number of ether oxygens (including phenoxy) is 3. The number of rotatable bonds is 15. The van der Waals surface area contributed by atoms with Crippen LogP contribution in [0.25, 0.3) is 0 Å². The van der Waals surface area contributed by atoms with Gasteiger partial charge in [-0.3, -0.25) is 13.5 Å². The largest absolute Gasteiger partial charge is 0.465 e. The molecule has 0 spiro atoms. The van der Waals surface area contributed by atoms with E-state index in [0.29, 0.717) is 61.8 Å². The van der Waals surface area contributed by atoms with Crippen LogP contribution < -0.4 is 13.3 Å². The Morgan fingerprint density at radius 3 is 1.49 bits per heavy atom. The Labute approximate surface area is 360 Å². The molecule has 0 bridgehead atoms. The highest BCUT2D eigenvalue weighted by atomic mass is 32.2. The average molecular weight is 881 g/mol. The van der Waals surface area contributed by atoms with Crippen LogP contribution in [0.4, 0.5) is 16.2 Å². The van der Waals surface area contributed by atoms with Crippen LogP contribution >= 0.6 is 0 Å². The van der Waals surface area contributed by atoms with Crippen LogP contribution in [-0.4, -0.2) is 122 Å². The van der Waals surface area contributed by atoms with E-state index in [4.69, 9.17) is 9.47 Å². The highest BCUT2D eigenvalue weighted by molar-refractivity contribution is 7.91. The molecule has 0 atom stereocenters. The fourth-order valence-electron chi connectivity index (χ4n) is 6.03. The maximum Gasteiger partial charge on any atom is 0.410 e. The summed E-state index contributed by atoms with van der Waals surface area (Å²) >= 11 is 0. The van der Waals surface area contributed by atoms with E-state index in [9.17, 15) is 31.2 Å². The van der Waals surface area contributed by atoms with E-state index in [0.717, 1.165) is 11.1 Å². The Morgan fingerprint density at radius 1 is 0.656 bits per heavy atom. The highest BCUT2D eigenvalue weighted by Gasteiger charge is 2.30. The number of hydrogen-bond donors (Lipinski definition) is 1. The molecule has 4 aromatic rings. The van der Waals surface area contributed by atoms with E-state index in [-0.39, 0.29) is 19.2 Å². The standard InChI is InChI=1S/C27H38N4O6S.C16H18N2O4S/c1-27(2,3)37-26(33)30-19-17-29(18-20-30)16-15-28(4)38(34,35)31(24-9-7-6-8-10-24)21-22-11-13-23(14-12-22)25(32)36-5;1-17-23(20,21)18(15-6-4-3-5-7-15)12-13-8-10-14(11-9-13)16(19)22-2/h6-14H,15-21H2,1-5H3;3-11,17H,12H2,1-2H3. The van der Waals surface area contributed by atoms with Crippen molar-refractivity contribution in [2.24, 2.45) is 0 Å². The summed E-state index contributed by atoms with van der Waals surface area (Å²) in [6, 6.07) is 31.0. The molecule has 0 aromatic heterocycles. The number of methoxy groups -OCH3 is 2. The van der Waals surface area contributed by atoms with Gasteiger partial charge in [-0.15, -0.1) is 0 Å². The molecule has 18 heteroatoms. The number of benzene rings is 4. The van der Waals surface area contributed by atoms with Crippen LogP contribution in [0.2, 0.25) is 0 Å². The second kappa shape index (κ2) is 21.8. The molecular formula is C43H56N6O10S2. The van der Waals surface area contributed by atoms with E-state index >= 15 is 0 Å². The van der Waals surface area contributed by atoms with Crippen LogP contribution in [0.5, 0.6) is 0 Å². The van der Waals surface area contributed by atoms with E-state index in [1.54, 1.807) is 109 Å².